The molecule has 2 aromatic carbocycles. The van der Waals surface area contributed by atoms with Crippen molar-refractivity contribution < 1.29 is 9.13 Å². The van der Waals surface area contributed by atoms with Gasteiger partial charge in [0.2, 0.25) is 0 Å². The maximum Gasteiger partial charge on any atom is 0.137 e. The van der Waals surface area contributed by atoms with Gasteiger partial charge in [0.25, 0.3) is 0 Å². The summed E-state index contributed by atoms with van der Waals surface area (Å²) in [6.07, 6.45) is 1.84. The lowest BCUT2D eigenvalue weighted by Crippen LogP contribution is -2.46. The van der Waals surface area contributed by atoms with Gasteiger partial charge in [-0.05, 0) is 64.2 Å². The van der Waals surface area contributed by atoms with E-state index in [4.69, 9.17) is 4.74 Å². The molecule has 3 rings (SSSR count). The fourth-order valence-electron chi connectivity index (χ4n) is 2.99. The van der Waals surface area contributed by atoms with Gasteiger partial charge in [0.15, 0.2) is 0 Å². The Kier molecular flexibility index (Phi) is 5.52. The van der Waals surface area contributed by atoms with Gasteiger partial charge in [-0.25, -0.2) is 4.39 Å². The fourth-order valence-corrected chi connectivity index (χ4v) is 3.82. The van der Waals surface area contributed by atoms with E-state index in [-0.39, 0.29) is 11.4 Å². The molecule has 1 saturated heterocycles. The van der Waals surface area contributed by atoms with Gasteiger partial charge in [0, 0.05) is 29.8 Å². The molecular formula is C18H18Br2FNO. The predicted octanol–water partition coefficient (Wildman–Crippen LogP) is 5.15. The molecule has 0 aliphatic carbocycles. The summed E-state index contributed by atoms with van der Waals surface area (Å²) in [5, 5.41) is 3.70. The molecule has 0 bridgehead atoms. The Balaban J connectivity index is 1.83. The van der Waals surface area contributed by atoms with Gasteiger partial charge in [-0.1, -0.05) is 34.1 Å². The minimum absolute atomic E-state index is 0.108. The molecule has 122 valence electrons. The van der Waals surface area contributed by atoms with Gasteiger partial charge < -0.3 is 10.1 Å². The summed E-state index contributed by atoms with van der Waals surface area (Å²) in [5.41, 5.74) is 2.21. The summed E-state index contributed by atoms with van der Waals surface area (Å²) in [6, 6.07) is 13.6. The topological polar surface area (TPSA) is 21.3 Å². The number of nitrogens with one attached hydrogen (secondary N) is 1. The number of rotatable bonds is 4. The van der Waals surface area contributed by atoms with Gasteiger partial charge in [-0.15, -0.1) is 0 Å². The standard InChI is InChI=1S/C18H18Br2FNO/c19-15-3-1-2-14(11-15)18(6-8-23-9-7-18)22-12-13-4-5-17(21)16(20)10-13/h1-5,10-11,22H,6-9,12H2. The van der Waals surface area contributed by atoms with E-state index < -0.39 is 0 Å². The van der Waals surface area contributed by atoms with Gasteiger partial charge in [0.1, 0.15) is 5.82 Å². The zero-order valence-corrected chi connectivity index (χ0v) is 15.8. The third kappa shape index (κ3) is 4.02. The van der Waals surface area contributed by atoms with Crippen LogP contribution in [0.25, 0.3) is 0 Å². The third-order valence-electron chi connectivity index (χ3n) is 4.34. The van der Waals surface area contributed by atoms with Crippen molar-refractivity contribution in [3.63, 3.8) is 0 Å². The average molecular weight is 443 g/mol. The molecule has 0 atom stereocenters. The van der Waals surface area contributed by atoms with Crippen molar-refractivity contribution in [1.82, 2.24) is 5.32 Å². The number of benzene rings is 2. The first-order valence-electron chi connectivity index (χ1n) is 7.62. The first-order valence-corrected chi connectivity index (χ1v) is 9.20. The van der Waals surface area contributed by atoms with Crippen molar-refractivity contribution in [2.75, 3.05) is 13.2 Å². The predicted molar refractivity (Wildman–Crippen MR) is 96.8 cm³/mol. The molecule has 1 aliphatic rings. The van der Waals surface area contributed by atoms with E-state index in [9.17, 15) is 4.39 Å². The second kappa shape index (κ2) is 7.43. The summed E-state index contributed by atoms with van der Waals surface area (Å²) in [6.45, 7) is 2.17. The molecule has 23 heavy (non-hydrogen) atoms. The molecule has 1 heterocycles. The molecule has 0 aromatic heterocycles. The molecular weight excluding hydrogens is 425 g/mol. The van der Waals surface area contributed by atoms with Gasteiger partial charge in [0.05, 0.1) is 4.47 Å². The third-order valence-corrected chi connectivity index (χ3v) is 5.44. The lowest BCUT2D eigenvalue weighted by atomic mass is 9.82. The van der Waals surface area contributed by atoms with Gasteiger partial charge >= 0.3 is 0 Å². The molecule has 0 unspecified atom stereocenters. The molecule has 1 fully saturated rings. The van der Waals surface area contributed by atoms with Crippen LogP contribution < -0.4 is 5.32 Å². The highest BCUT2D eigenvalue weighted by molar-refractivity contribution is 9.10. The van der Waals surface area contributed by atoms with Crippen molar-refractivity contribution in [2.24, 2.45) is 0 Å². The Morgan fingerprint density at radius 1 is 1.09 bits per heavy atom. The second-order valence-electron chi connectivity index (χ2n) is 5.81. The van der Waals surface area contributed by atoms with Crippen LogP contribution in [0.1, 0.15) is 24.0 Å². The molecule has 2 nitrogen and oxygen atoms in total. The molecule has 0 amide bonds. The van der Waals surface area contributed by atoms with Crippen LogP contribution >= 0.6 is 31.9 Å². The molecule has 0 radical (unpaired) electrons. The van der Waals surface area contributed by atoms with Crippen molar-refractivity contribution in [1.29, 1.82) is 0 Å². The Bertz CT molecular complexity index is 686. The van der Waals surface area contributed by atoms with Crippen LogP contribution in [-0.4, -0.2) is 13.2 Å². The summed E-state index contributed by atoms with van der Waals surface area (Å²) in [5.74, 6) is -0.235. The Morgan fingerprint density at radius 2 is 1.87 bits per heavy atom. The van der Waals surface area contributed by atoms with Crippen molar-refractivity contribution in [3.05, 3.63) is 68.4 Å². The minimum Gasteiger partial charge on any atom is -0.381 e. The van der Waals surface area contributed by atoms with Crippen LogP contribution in [0.2, 0.25) is 0 Å². The lowest BCUT2D eigenvalue weighted by Gasteiger charge is -2.39. The van der Waals surface area contributed by atoms with Crippen LogP contribution in [0.15, 0.2) is 51.4 Å². The largest absolute Gasteiger partial charge is 0.381 e. The first-order chi connectivity index (χ1) is 11.1. The zero-order chi connectivity index (χ0) is 16.3. The molecule has 1 N–H and O–H groups in total. The Hall–Kier alpha value is -0.750. The maximum atomic E-state index is 13.4. The van der Waals surface area contributed by atoms with Crippen molar-refractivity contribution in [2.45, 2.75) is 24.9 Å². The molecule has 1 aliphatic heterocycles. The highest BCUT2D eigenvalue weighted by atomic mass is 79.9. The van der Waals surface area contributed by atoms with Crippen molar-refractivity contribution >= 4 is 31.9 Å². The van der Waals surface area contributed by atoms with Crippen LogP contribution in [0.3, 0.4) is 0 Å². The quantitative estimate of drug-likeness (QED) is 0.707. The molecule has 0 saturated carbocycles. The van der Waals surface area contributed by atoms with Crippen LogP contribution in [-0.2, 0) is 16.8 Å². The minimum atomic E-state index is -0.235. The summed E-state index contributed by atoms with van der Waals surface area (Å²) >= 11 is 6.81. The fraction of sp³-hybridized carbons (Fsp3) is 0.333. The Labute approximate surface area is 152 Å². The van der Waals surface area contributed by atoms with Crippen LogP contribution in [0.4, 0.5) is 4.39 Å². The lowest BCUT2D eigenvalue weighted by molar-refractivity contribution is 0.0357. The summed E-state index contributed by atoms with van der Waals surface area (Å²) < 4.78 is 20.5. The molecule has 0 spiro atoms. The van der Waals surface area contributed by atoms with E-state index in [0.717, 1.165) is 36.1 Å². The van der Waals surface area contributed by atoms with E-state index in [2.05, 4.69) is 55.4 Å². The summed E-state index contributed by atoms with van der Waals surface area (Å²) in [4.78, 5) is 0. The SMILES string of the molecule is Fc1ccc(CNC2(c3cccc(Br)c3)CCOCC2)cc1Br. The van der Waals surface area contributed by atoms with Crippen LogP contribution in [0.5, 0.6) is 0 Å². The van der Waals surface area contributed by atoms with Gasteiger partial charge in [-0.3, -0.25) is 0 Å². The number of halogens is 3. The zero-order valence-electron chi connectivity index (χ0n) is 12.6. The number of hydrogen-bond acceptors (Lipinski definition) is 2. The van der Waals surface area contributed by atoms with Crippen molar-refractivity contribution in [3.8, 4) is 0 Å². The highest BCUT2D eigenvalue weighted by Crippen LogP contribution is 2.34. The first kappa shape index (κ1) is 17.1. The summed E-state index contributed by atoms with van der Waals surface area (Å²) in [7, 11) is 0. The maximum absolute atomic E-state index is 13.4. The van der Waals surface area contributed by atoms with E-state index >= 15 is 0 Å². The van der Waals surface area contributed by atoms with E-state index in [0.29, 0.717) is 11.0 Å². The normalized spacial score (nSPS) is 17.2. The highest BCUT2D eigenvalue weighted by Gasteiger charge is 2.34. The number of hydrogen-bond donors (Lipinski definition) is 1. The van der Waals surface area contributed by atoms with Crippen LogP contribution in [0, 0.1) is 5.82 Å². The second-order valence-corrected chi connectivity index (χ2v) is 7.58. The monoisotopic (exact) mass is 441 g/mol. The smallest absolute Gasteiger partial charge is 0.137 e. The van der Waals surface area contributed by atoms with E-state index in [1.807, 2.05) is 18.2 Å². The van der Waals surface area contributed by atoms with E-state index in [1.165, 1.54) is 11.6 Å². The Morgan fingerprint density at radius 3 is 2.57 bits per heavy atom. The molecule has 2 aromatic rings. The van der Waals surface area contributed by atoms with E-state index in [1.54, 1.807) is 0 Å². The van der Waals surface area contributed by atoms with Gasteiger partial charge in [-0.2, -0.15) is 0 Å². The average Bonchev–Trinajstić information content (AvgIpc) is 2.57. The number of ether oxygens (including phenoxy) is 1. The molecule has 5 heteroatoms.